The van der Waals surface area contributed by atoms with Crippen LogP contribution in [-0.4, -0.2) is 41.6 Å². The van der Waals surface area contributed by atoms with Crippen LogP contribution in [0.25, 0.3) is 0 Å². The summed E-state index contributed by atoms with van der Waals surface area (Å²) in [6.07, 6.45) is 3.58. The van der Waals surface area contributed by atoms with E-state index < -0.39 is 12.0 Å². The largest absolute Gasteiger partial charge is 0.490 e. The molecule has 0 amide bonds. The van der Waals surface area contributed by atoms with Crippen LogP contribution in [0.4, 0.5) is 33.2 Å². The number of aromatic nitrogens is 2. The minimum absolute atomic E-state index is 0.0100. The molecule has 1 atom stereocenters. The fraction of sp³-hybridized carbons (Fsp3) is 0.217. The van der Waals surface area contributed by atoms with Gasteiger partial charge in [0.2, 0.25) is 5.95 Å². The molecule has 3 rings (SSSR count). The first-order valence-corrected chi connectivity index (χ1v) is 10.5. The second-order valence-electron chi connectivity index (χ2n) is 6.82. The van der Waals surface area contributed by atoms with Gasteiger partial charge in [0.25, 0.3) is 0 Å². The maximum absolute atomic E-state index is 14.4. The number of aliphatic hydroxyl groups excluding tert-OH is 1. The number of nitrogens with one attached hydrogen (secondary N) is 3. The van der Waals surface area contributed by atoms with Gasteiger partial charge in [-0.15, -0.1) is 0 Å². The molecule has 4 N–H and O–H groups in total. The summed E-state index contributed by atoms with van der Waals surface area (Å²) in [7, 11) is 1.58. The van der Waals surface area contributed by atoms with E-state index in [1.165, 1.54) is 0 Å². The van der Waals surface area contributed by atoms with Gasteiger partial charge in [0, 0.05) is 30.2 Å². The highest BCUT2D eigenvalue weighted by molar-refractivity contribution is 6.32. The van der Waals surface area contributed by atoms with Crippen LogP contribution in [-0.2, 0) is 4.74 Å². The number of aliphatic hydroxyl groups is 1. The van der Waals surface area contributed by atoms with Gasteiger partial charge < -0.3 is 30.5 Å². The number of hydrogen-bond donors (Lipinski definition) is 4. The Balaban J connectivity index is 1.73. The molecule has 0 saturated heterocycles. The lowest BCUT2D eigenvalue weighted by molar-refractivity contribution is 0.146. The van der Waals surface area contributed by atoms with Crippen molar-refractivity contribution in [3.8, 4) is 5.75 Å². The molecule has 0 radical (unpaired) electrons. The molecule has 0 saturated carbocycles. The minimum atomic E-state index is -0.834. The van der Waals surface area contributed by atoms with E-state index in [9.17, 15) is 9.50 Å². The van der Waals surface area contributed by atoms with Crippen molar-refractivity contribution in [3.63, 3.8) is 0 Å². The van der Waals surface area contributed by atoms with Crippen LogP contribution >= 0.6 is 11.6 Å². The molecule has 0 aliphatic carbocycles. The van der Waals surface area contributed by atoms with Crippen LogP contribution in [0.1, 0.15) is 6.92 Å². The fourth-order valence-corrected chi connectivity index (χ4v) is 2.97. The number of rotatable bonds is 11. The predicted molar refractivity (Wildman–Crippen MR) is 128 cm³/mol. The van der Waals surface area contributed by atoms with Gasteiger partial charge >= 0.3 is 0 Å². The highest BCUT2D eigenvalue weighted by Crippen LogP contribution is 2.29. The number of nitrogens with zero attached hydrogens (tertiary/aromatic N) is 2. The number of methoxy groups -OCH3 is 1. The molecule has 8 nitrogen and oxygen atoms in total. The van der Waals surface area contributed by atoms with Gasteiger partial charge in [0.1, 0.15) is 18.6 Å². The van der Waals surface area contributed by atoms with Crippen molar-refractivity contribution in [2.75, 3.05) is 36.3 Å². The summed E-state index contributed by atoms with van der Waals surface area (Å²) in [5, 5.41) is 19.2. The molecule has 1 unspecified atom stereocenters. The van der Waals surface area contributed by atoms with E-state index in [-0.39, 0.29) is 11.8 Å². The minimum Gasteiger partial charge on any atom is -0.490 e. The summed E-state index contributed by atoms with van der Waals surface area (Å²) in [6.45, 7) is 2.58. The quantitative estimate of drug-likeness (QED) is 0.174. The zero-order valence-corrected chi connectivity index (χ0v) is 18.9. The van der Waals surface area contributed by atoms with Crippen molar-refractivity contribution in [2.24, 2.45) is 0 Å². The monoisotopic (exact) mass is 473 g/mol. The number of hydrogen-bond acceptors (Lipinski definition) is 8. The smallest absolute Gasteiger partial charge is 0.229 e. The van der Waals surface area contributed by atoms with Gasteiger partial charge in [-0.3, -0.25) is 0 Å². The summed E-state index contributed by atoms with van der Waals surface area (Å²) in [6, 6.07) is 12.1. The fourth-order valence-electron chi connectivity index (χ4n) is 2.80. The maximum Gasteiger partial charge on any atom is 0.229 e. The van der Waals surface area contributed by atoms with Gasteiger partial charge in [-0.2, -0.15) is 4.98 Å². The van der Waals surface area contributed by atoms with Crippen molar-refractivity contribution >= 4 is 40.4 Å². The van der Waals surface area contributed by atoms with Crippen LogP contribution in [0.5, 0.6) is 5.75 Å². The van der Waals surface area contributed by atoms with E-state index in [4.69, 9.17) is 21.1 Å². The second-order valence-corrected chi connectivity index (χ2v) is 7.23. The van der Waals surface area contributed by atoms with Crippen LogP contribution in [0.15, 0.2) is 60.8 Å². The Hall–Kier alpha value is -3.40. The van der Waals surface area contributed by atoms with E-state index in [1.54, 1.807) is 61.7 Å². The van der Waals surface area contributed by atoms with Crippen molar-refractivity contribution in [3.05, 3.63) is 71.7 Å². The lowest BCUT2D eigenvalue weighted by atomic mass is 10.2. The molecule has 0 spiro atoms. The molecule has 2 aromatic carbocycles. The lowest BCUT2D eigenvalue weighted by Crippen LogP contribution is -2.15. The highest BCUT2D eigenvalue weighted by atomic mass is 35.5. The van der Waals surface area contributed by atoms with Gasteiger partial charge in [-0.25, -0.2) is 9.37 Å². The van der Waals surface area contributed by atoms with Gasteiger partial charge in [-0.1, -0.05) is 23.7 Å². The number of benzene rings is 2. The summed E-state index contributed by atoms with van der Waals surface area (Å²) in [5.74, 6) is 0.0298. The molecule has 3 aromatic rings. The Kier molecular flexibility index (Phi) is 8.82. The van der Waals surface area contributed by atoms with Gasteiger partial charge in [0.15, 0.2) is 11.6 Å². The second kappa shape index (κ2) is 12.0. The first-order valence-electron chi connectivity index (χ1n) is 10.1. The first kappa shape index (κ1) is 24.2. The third kappa shape index (κ3) is 7.31. The molecule has 0 aliphatic rings. The van der Waals surface area contributed by atoms with Crippen molar-refractivity contribution < 1.29 is 19.0 Å². The molecule has 0 aliphatic heterocycles. The molecule has 0 fully saturated rings. The Morgan fingerprint density at radius 2 is 1.91 bits per heavy atom. The third-order valence-corrected chi connectivity index (χ3v) is 4.60. The van der Waals surface area contributed by atoms with Crippen molar-refractivity contribution in [1.82, 2.24) is 9.97 Å². The summed E-state index contributed by atoms with van der Waals surface area (Å²) in [5.41, 5.74) is 1.85. The first-order chi connectivity index (χ1) is 16.0. The van der Waals surface area contributed by atoms with E-state index in [0.29, 0.717) is 41.0 Å². The predicted octanol–water partition coefficient (Wildman–Crippen LogP) is 5.09. The highest BCUT2D eigenvalue weighted by Gasteiger charge is 2.10. The van der Waals surface area contributed by atoms with E-state index in [0.717, 1.165) is 6.20 Å². The Bertz CT molecular complexity index is 1100. The summed E-state index contributed by atoms with van der Waals surface area (Å²) in [4.78, 5) is 8.22. The van der Waals surface area contributed by atoms with E-state index >= 15 is 0 Å². The Morgan fingerprint density at radius 1 is 1.12 bits per heavy atom. The van der Waals surface area contributed by atoms with Gasteiger partial charge in [-0.05, 0) is 43.3 Å². The maximum atomic E-state index is 14.4. The van der Waals surface area contributed by atoms with Crippen LogP contribution in [0, 0.1) is 5.82 Å². The zero-order chi connectivity index (χ0) is 23.6. The van der Waals surface area contributed by atoms with E-state index in [1.807, 2.05) is 6.92 Å². The summed E-state index contributed by atoms with van der Waals surface area (Å²) < 4.78 is 24.9. The van der Waals surface area contributed by atoms with Crippen molar-refractivity contribution in [2.45, 2.75) is 13.2 Å². The standard InChI is InChI=1S/C23H25ClFN5O3/c1-3-5-21(31)27-15-6-4-7-16(12-15)28-22-19(25)14-26-23(30-22)29-17-8-9-18(24)20(13-17)33-11-10-32-2/h3-9,12-14,21,27,31H,10-11H2,1-2H3,(H2,26,28,29,30)/b5-3+. The van der Waals surface area contributed by atoms with Crippen LogP contribution in [0.3, 0.4) is 0 Å². The molecular weight excluding hydrogens is 449 g/mol. The van der Waals surface area contributed by atoms with E-state index in [2.05, 4.69) is 25.9 Å². The number of ether oxygens (including phenoxy) is 2. The van der Waals surface area contributed by atoms with Gasteiger partial charge in [0.05, 0.1) is 17.8 Å². The Labute approximate surface area is 196 Å². The summed E-state index contributed by atoms with van der Waals surface area (Å²) >= 11 is 6.17. The SMILES string of the molecule is C/C=C/C(O)Nc1cccc(Nc2nc(Nc3ccc(Cl)c(OCCOC)c3)ncc2F)c1. The average Bonchev–Trinajstić information content (AvgIpc) is 2.79. The molecule has 0 bridgehead atoms. The molecule has 10 heteroatoms. The molecule has 1 heterocycles. The zero-order valence-electron chi connectivity index (χ0n) is 18.2. The Morgan fingerprint density at radius 3 is 2.70 bits per heavy atom. The average molecular weight is 474 g/mol. The molecule has 1 aromatic heterocycles. The van der Waals surface area contributed by atoms with Crippen molar-refractivity contribution in [1.29, 1.82) is 0 Å². The van der Waals surface area contributed by atoms with Crippen LogP contribution < -0.4 is 20.7 Å². The molecule has 33 heavy (non-hydrogen) atoms. The molecular formula is C23H25ClFN5O3. The topological polar surface area (TPSA) is 101 Å². The number of halogens is 2. The van der Waals surface area contributed by atoms with Crippen LogP contribution in [0.2, 0.25) is 5.02 Å². The molecule has 174 valence electrons. The normalized spacial score (nSPS) is 11.9. The lowest BCUT2D eigenvalue weighted by Gasteiger charge is -2.13. The number of allylic oxidation sites excluding steroid dienone is 1. The third-order valence-electron chi connectivity index (χ3n) is 4.29. The number of anilines is 5.